The average molecular weight is 464 g/mol. The third-order valence-corrected chi connectivity index (χ3v) is 4.43. The predicted molar refractivity (Wildman–Crippen MR) is 120 cm³/mol. The quantitative estimate of drug-likeness (QED) is 0.492. The lowest BCUT2D eigenvalue weighted by molar-refractivity contribution is -0.143. The Morgan fingerprint density at radius 3 is 2.39 bits per heavy atom. The summed E-state index contributed by atoms with van der Waals surface area (Å²) in [4.78, 5) is 30.2. The van der Waals surface area contributed by atoms with Crippen LogP contribution in [0.4, 0.5) is 24.7 Å². The van der Waals surface area contributed by atoms with Crippen molar-refractivity contribution in [2.75, 3.05) is 24.1 Å². The van der Waals surface area contributed by atoms with E-state index in [1.54, 1.807) is 11.0 Å². The molecule has 0 spiro atoms. The molecule has 0 atom stereocenters. The van der Waals surface area contributed by atoms with Gasteiger partial charge in [0, 0.05) is 13.1 Å². The van der Waals surface area contributed by atoms with Gasteiger partial charge in [-0.15, -0.1) is 0 Å². The van der Waals surface area contributed by atoms with Crippen LogP contribution in [0.2, 0.25) is 0 Å². The largest absolute Gasteiger partial charge is 0.416 e. The molecule has 0 unspecified atom stereocenters. The normalized spacial score (nSPS) is 11.1. The summed E-state index contributed by atoms with van der Waals surface area (Å²) in [5, 5.41) is 9.83. The highest BCUT2D eigenvalue weighted by atomic mass is 19.4. The second-order valence-corrected chi connectivity index (χ2v) is 7.68. The maximum absolute atomic E-state index is 12.4. The van der Waals surface area contributed by atoms with E-state index in [4.69, 9.17) is 5.73 Å². The molecule has 4 N–H and O–H groups in total. The first kappa shape index (κ1) is 25.6. The van der Waals surface area contributed by atoms with E-state index in [-0.39, 0.29) is 5.92 Å². The molecule has 2 aromatic heterocycles. The van der Waals surface area contributed by atoms with Gasteiger partial charge in [0.25, 0.3) is 0 Å². The lowest BCUT2D eigenvalue weighted by Crippen LogP contribution is -2.42. The maximum Gasteiger partial charge on any atom is 0.416 e. The van der Waals surface area contributed by atoms with Crippen molar-refractivity contribution in [2.45, 2.75) is 33.4 Å². The summed E-state index contributed by atoms with van der Waals surface area (Å²) in [6, 6.07) is 6.36. The molecule has 0 aliphatic rings. The standard InChI is InChI=1S/C15H22N6O2.C7H5F3/c1-4-5-21(8-9(2)3)15(23)14(22)19-11-7-17-13(16)10-6-18-20-12(10)11;8-7(9,10)6-4-2-1-3-5-6/h6-7,9H,4-5,8H2,1-3H3,(H2,16,17)(H,18,20)(H,19,22);1-5H. The van der Waals surface area contributed by atoms with Crippen LogP contribution in [-0.4, -0.2) is 45.0 Å². The summed E-state index contributed by atoms with van der Waals surface area (Å²) >= 11 is 0. The van der Waals surface area contributed by atoms with E-state index in [0.717, 1.165) is 18.6 Å². The number of hydrogen-bond donors (Lipinski definition) is 3. The number of fused-ring (bicyclic) bond motifs is 1. The van der Waals surface area contributed by atoms with Gasteiger partial charge in [0.15, 0.2) is 0 Å². The number of alkyl halides is 3. The fourth-order valence-electron chi connectivity index (χ4n) is 2.98. The van der Waals surface area contributed by atoms with Crippen LogP contribution in [0.3, 0.4) is 0 Å². The molecular weight excluding hydrogens is 437 g/mol. The lowest BCUT2D eigenvalue weighted by Gasteiger charge is -2.23. The zero-order chi connectivity index (χ0) is 24.6. The molecule has 1 aromatic carbocycles. The van der Waals surface area contributed by atoms with Crippen molar-refractivity contribution in [3.8, 4) is 0 Å². The molecule has 0 bridgehead atoms. The average Bonchev–Trinajstić information content (AvgIpc) is 3.26. The monoisotopic (exact) mass is 464 g/mol. The zero-order valence-electron chi connectivity index (χ0n) is 18.6. The topological polar surface area (TPSA) is 117 Å². The molecule has 0 saturated heterocycles. The Morgan fingerprint density at radius 1 is 1.18 bits per heavy atom. The molecule has 178 valence electrons. The third-order valence-electron chi connectivity index (χ3n) is 4.43. The van der Waals surface area contributed by atoms with E-state index >= 15 is 0 Å². The minimum absolute atomic E-state index is 0.288. The summed E-state index contributed by atoms with van der Waals surface area (Å²) in [5.74, 6) is -0.645. The molecule has 3 aromatic rings. The number of benzene rings is 1. The Hall–Kier alpha value is -3.63. The first-order valence-corrected chi connectivity index (χ1v) is 10.3. The Bertz CT molecular complexity index is 1070. The van der Waals surface area contributed by atoms with Gasteiger partial charge in [0.2, 0.25) is 0 Å². The van der Waals surface area contributed by atoms with Crippen LogP contribution in [0.15, 0.2) is 42.7 Å². The van der Waals surface area contributed by atoms with Gasteiger partial charge in [0.05, 0.1) is 34.5 Å². The lowest BCUT2D eigenvalue weighted by atomic mass is 10.2. The van der Waals surface area contributed by atoms with Crippen LogP contribution in [0.25, 0.3) is 10.9 Å². The molecule has 2 heterocycles. The Labute approximate surface area is 189 Å². The number of amides is 2. The van der Waals surface area contributed by atoms with Crippen molar-refractivity contribution >= 4 is 34.2 Å². The number of aromatic amines is 1. The van der Waals surface area contributed by atoms with Crippen LogP contribution in [0, 0.1) is 5.92 Å². The number of H-pyrrole nitrogens is 1. The Kier molecular flexibility index (Phi) is 8.78. The van der Waals surface area contributed by atoms with Gasteiger partial charge < -0.3 is 16.0 Å². The molecule has 0 aliphatic heterocycles. The van der Waals surface area contributed by atoms with Gasteiger partial charge in [0.1, 0.15) is 5.82 Å². The molecule has 0 aliphatic carbocycles. The van der Waals surface area contributed by atoms with Gasteiger partial charge >= 0.3 is 18.0 Å². The van der Waals surface area contributed by atoms with Crippen LogP contribution in [0.5, 0.6) is 0 Å². The minimum Gasteiger partial charge on any atom is -0.383 e. The fraction of sp³-hybridized carbons (Fsp3) is 0.364. The number of pyridine rings is 1. The Morgan fingerprint density at radius 2 is 1.85 bits per heavy atom. The highest BCUT2D eigenvalue weighted by Crippen LogP contribution is 2.28. The molecule has 2 amide bonds. The number of aromatic nitrogens is 3. The first-order chi connectivity index (χ1) is 15.5. The van der Waals surface area contributed by atoms with E-state index < -0.39 is 23.6 Å². The van der Waals surface area contributed by atoms with Gasteiger partial charge in [-0.2, -0.15) is 18.3 Å². The molecular formula is C22H27F3N6O2. The van der Waals surface area contributed by atoms with Crippen molar-refractivity contribution in [2.24, 2.45) is 5.92 Å². The number of anilines is 2. The number of rotatable bonds is 5. The summed E-state index contributed by atoms with van der Waals surface area (Å²) in [7, 11) is 0. The maximum atomic E-state index is 12.4. The van der Waals surface area contributed by atoms with Crippen molar-refractivity contribution in [1.82, 2.24) is 20.1 Å². The molecule has 3 rings (SSSR count). The summed E-state index contributed by atoms with van der Waals surface area (Å²) in [5.41, 5.74) is 6.07. The molecule has 8 nitrogen and oxygen atoms in total. The number of nitrogen functional groups attached to an aromatic ring is 1. The summed E-state index contributed by atoms with van der Waals surface area (Å²) in [6.07, 6.45) is -0.480. The number of carbonyl (C=O) groups is 2. The van der Waals surface area contributed by atoms with Crippen LogP contribution in [-0.2, 0) is 15.8 Å². The van der Waals surface area contributed by atoms with E-state index in [1.165, 1.54) is 24.5 Å². The van der Waals surface area contributed by atoms with Gasteiger partial charge in [-0.05, 0) is 12.3 Å². The highest BCUT2D eigenvalue weighted by molar-refractivity contribution is 6.40. The smallest absolute Gasteiger partial charge is 0.383 e. The number of nitrogens with zero attached hydrogens (tertiary/aromatic N) is 3. The second-order valence-electron chi connectivity index (χ2n) is 7.68. The SMILES string of the molecule is CCCN(CC(C)C)C(=O)C(=O)Nc1cnc(N)c2cn[nH]c12.FC(F)(F)c1ccccc1. The number of halogens is 3. The van der Waals surface area contributed by atoms with Gasteiger partial charge in [-0.1, -0.05) is 51.1 Å². The van der Waals surface area contributed by atoms with Crippen LogP contribution < -0.4 is 11.1 Å². The van der Waals surface area contributed by atoms with E-state index in [9.17, 15) is 22.8 Å². The van der Waals surface area contributed by atoms with E-state index in [2.05, 4.69) is 20.5 Å². The summed E-state index contributed by atoms with van der Waals surface area (Å²) in [6.45, 7) is 7.07. The Balaban J connectivity index is 0.000000321. The molecule has 33 heavy (non-hydrogen) atoms. The third kappa shape index (κ3) is 7.19. The second kappa shape index (κ2) is 11.3. The van der Waals surface area contributed by atoms with Crippen LogP contribution >= 0.6 is 0 Å². The number of carbonyl (C=O) groups excluding carboxylic acids is 2. The van der Waals surface area contributed by atoms with Crippen molar-refractivity contribution in [3.63, 3.8) is 0 Å². The molecule has 0 fully saturated rings. The highest BCUT2D eigenvalue weighted by Gasteiger charge is 2.29. The van der Waals surface area contributed by atoms with Crippen molar-refractivity contribution in [3.05, 3.63) is 48.3 Å². The van der Waals surface area contributed by atoms with Gasteiger partial charge in [-0.3, -0.25) is 14.7 Å². The number of nitrogens with two attached hydrogens (primary N) is 1. The fourth-order valence-corrected chi connectivity index (χ4v) is 2.98. The zero-order valence-corrected chi connectivity index (χ0v) is 18.6. The van der Waals surface area contributed by atoms with E-state index in [0.29, 0.717) is 35.5 Å². The van der Waals surface area contributed by atoms with E-state index in [1.807, 2.05) is 20.8 Å². The summed E-state index contributed by atoms with van der Waals surface area (Å²) < 4.78 is 35.4. The number of nitrogens with one attached hydrogen (secondary N) is 2. The van der Waals surface area contributed by atoms with Crippen molar-refractivity contribution < 1.29 is 22.8 Å². The first-order valence-electron chi connectivity index (χ1n) is 10.3. The van der Waals surface area contributed by atoms with Gasteiger partial charge in [-0.25, -0.2) is 4.98 Å². The molecule has 11 heteroatoms. The molecule has 0 saturated carbocycles. The van der Waals surface area contributed by atoms with Crippen LogP contribution in [0.1, 0.15) is 32.8 Å². The molecule has 0 radical (unpaired) electrons. The van der Waals surface area contributed by atoms with Crippen molar-refractivity contribution in [1.29, 1.82) is 0 Å². The predicted octanol–water partition coefficient (Wildman–Crippen LogP) is 4.08. The minimum atomic E-state index is -4.21. The number of hydrogen-bond acceptors (Lipinski definition) is 5.